The minimum absolute atomic E-state index is 0.103. The molecule has 8 heteroatoms. The van der Waals surface area contributed by atoms with E-state index in [0.717, 1.165) is 5.56 Å². The zero-order valence-electron chi connectivity index (χ0n) is 16.1. The van der Waals surface area contributed by atoms with Crippen molar-refractivity contribution in [3.63, 3.8) is 0 Å². The Kier molecular flexibility index (Phi) is 4.99. The fraction of sp³-hybridized carbons (Fsp3) is 0.238. The summed E-state index contributed by atoms with van der Waals surface area (Å²) in [6.45, 7) is 2.25. The molecule has 4 rings (SSSR count). The van der Waals surface area contributed by atoms with E-state index in [4.69, 9.17) is 9.15 Å². The third kappa shape index (κ3) is 3.82. The Hall–Kier alpha value is -3.68. The zero-order chi connectivity index (χ0) is 20.4. The molecule has 0 unspecified atom stereocenters. The molecule has 2 amide bonds. The van der Waals surface area contributed by atoms with Crippen LogP contribution in [0.25, 0.3) is 11.5 Å². The maximum Gasteiger partial charge on any atom is 0.247 e. The van der Waals surface area contributed by atoms with E-state index in [-0.39, 0.29) is 18.2 Å². The summed E-state index contributed by atoms with van der Waals surface area (Å²) in [4.78, 5) is 27.0. The summed E-state index contributed by atoms with van der Waals surface area (Å²) in [5, 5.41) is 10.4. The summed E-state index contributed by atoms with van der Waals surface area (Å²) in [6, 6.07) is 12.8. The summed E-state index contributed by atoms with van der Waals surface area (Å²) in [5.41, 5.74) is 3.00. The molecule has 0 radical (unpaired) electrons. The van der Waals surface area contributed by atoms with Crippen LogP contribution in [0.5, 0.6) is 5.75 Å². The van der Waals surface area contributed by atoms with Gasteiger partial charge in [0.2, 0.25) is 24.1 Å². The normalized spacial score (nSPS) is 16.1. The number of nitrogens with one attached hydrogen (secondary N) is 1. The first-order valence-corrected chi connectivity index (χ1v) is 9.17. The average Bonchev–Trinajstić information content (AvgIpc) is 3.38. The molecule has 1 aliphatic heterocycles. The highest BCUT2D eigenvalue weighted by Crippen LogP contribution is 2.34. The molecule has 29 heavy (non-hydrogen) atoms. The third-order valence-corrected chi connectivity index (χ3v) is 4.86. The van der Waals surface area contributed by atoms with Crippen molar-refractivity contribution < 1.29 is 18.7 Å². The maximum absolute atomic E-state index is 12.8. The molecular weight excluding hydrogens is 372 g/mol. The number of rotatable bonds is 5. The Morgan fingerprint density at radius 1 is 1.28 bits per heavy atom. The van der Waals surface area contributed by atoms with Crippen LogP contribution in [-0.4, -0.2) is 35.7 Å². The SMILES string of the molecule is COc1ccc(C)cc1N1C[C@H](C(=O)Nc2cccc(-c3nnco3)c2)CC1=O. The minimum Gasteiger partial charge on any atom is -0.495 e. The summed E-state index contributed by atoms with van der Waals surface area (Å²) in [5.74, 6) is 0.204. The van der Waals surface area contributed by atoms with Crippen molar-refractivity contribution in [2.45, 2.75) is 13.3 Å². The van der Waals surface area contributed by atoms with Crippen LogP contribution in [0.2, 0.25) is 0 Å². The fourth-order valence-corrected chi connectivity index (χ4v) is 3.40. The molecule has 0 bridgehead atoms. The van der Waals surface area contributed by atoms with Crippen molar-refractivity contribution in [3.8, 4) is 17.2 Å². The number of anilines is 2. The van der Waals surface area contributed by atoms with Crippen molar-refractivity contribution in [1.29, 1.82) is 0 Å². The standard InChI is InChI=1S/C21H20N4O4/c1-13-6-7-18(28-2)17(8-13)25-11-15(10-19(25)26)20(27)23-16-5-3-4-14(9-16)21-24-22-12-29-21/h3-9,12,15H,10-11H2,1-2H3,(H,23,27)/t15-/m1/s1. The molecule has 1 aliphatic rings. The van der Waals surface area contributed by atoms with Crippen molar-refractivity contribution in [3.05, 3.63) is 54.4 Å². The Morgan fingerprint density at radius 3 is 2.90 bits per heavy atom. The molecule has 3 aromatic rings. The number of methoxy groups -OCH3 is 1. The van der Waals surface area contributed by atoms with Gasteiger partial charge in [0.15, 0.2) is 0 Å². The summed E-state index contributed by atoms with van der Waals surface area (Å²) in [7, 11) is 1.56. The maximum atomic E-state index is 12.8. The van der Waals surface area contributed by atoms with Crippen LogP contribution >= 0.6 is 0 Å². The highest BCUT2D eigenvalue weighted by atomic mass is 16.5. The second kappa shape index (κ2) is 7.75. The van der Waals surface area contributed by atoms with Crippen LogP contribution in [0.3, 0.4) is 0 Å². The van der Waals surface area contributed by atoms with Crippen LogP contribution in [0, 0.1) is 12.8 Å². The van der Waals surface area contributed by atoms with Gasteiger partial charge in [0.1, 0.15) is 5.75 Å². The van der Waals surface area contributed by atoms with Crippen LogP contribution in [-0.2, 0) is 9.59 Å². The molecule has 148 valence electrons. The van der Waals surface area contributed by atoms with Gasteiger partial charge < -0.3 is 19.4 Å². The van der Waals surface area contributed by atoms with E-state index in [2.05, 4.69) is 15.5 Å². The molecule has 2 aromatic carbocycles. The number of aryl methyl sites for hydroxylation is 1. The molecule has 2 heterocycles. The number of hydrogen-bond acceptors (Lipinski definition) is 6. The van der Waals surface area contributed by atoms with Gasteiger partial charge in [-0.2, -0.15) is 0 Å². The molecule has 1 saturated heterocycles. The van der Waals surface area contributed by atoms with Crippen LogP contribution in [0.15, 0.2) is 53.3 Å². The first-order chi connectivity index (χ1) is 14.0. The zero-order valence-corrected chi connectivity index (χ0v) is 16.1. The van der Waals surface area contributed by atoms with E-state index in [1.54, 1.807) is 30.2 Å². The lowest BCUT2D eigenvalue weighted by Crippen LogP contribution is -2.28. The van der Waals surface area contributed by atoms with Gasteiger partial charge >= 0.3 is 0 Å². The predicted octanol–water partition coefficient (Wildman–Crippen LogP) is 3.05. The summed E-state index contributed by atoms with van der Waals surface area (Å²) in [6.07, 6.45) is 1.39. The van der Waals surface area contributed by atoms with Gasteiger partial charge in [-0.15, -0.1) is 10.2 Å². The molecule has 8 nitrogen and oxygen atoms in total. The van der Waals surface area contributed by atoms with Gasteiger partial charge in [-0.05, 0) is 42.8 Å². The number of carbonyl (C=O) groups excluding carboxylic acids is 2. The Balaban J connectivity index is 1.49. The van der Waals surface area contributed by atoms with Crippen LogP contribution in [0.4, 0.5) is 11.4 Å². The number of hydrogen-bond donors (Lipinski definition) is 1. The van der Waals surface area contributed by atoms with E-state index >= 15 is 0 Å². The number of carbonyl (C=O) groups is 2. The first-order valence-electron chi connectivity index (χ1n) is 9.17. The summed E-state index contributed by atoms with van der Waals surface area (Å²) >= 11 is 0. The highest BCUT2D eigenvalue weighted by Gasteiger charge is 2.36. The Labute approximate surface area is 167 Å². The van der Waals surface area contributed by atoms with Crippen molar-refractivity contribution in [1.82, 2.24) is 10.2 Å². The van der Waals surface area contributed by atoms with E-state index in [1.165, 1.54) is 6.39 Å². The molecule has 0 saturated carbocycles. The monoisotopic (exact) mass is 392 g/mol. The Morgan fingerprint density at radius 2 is 2.14 bits per heavy atom. The molecule has 0 spiro atoms. The Bertz CT molecular complexity index is 1050. The lowest BCUT2D eigenvalue weighted by atomic mass is 10.1. The van der Waals surface area contributed by atoms with E-state index in [0.29, 0.717) is 35.1 Å². The lowest BCUT2D eigenvalue weighted by molar-refractivity contribution is -0.122. The second-order valence-corrected chi connectivity index (χ2v) is 6.89. The quantitative estimate of drug-likeness (QED) is 0.717. The first kappa shape index (κ1) is 18.7. The average molecular weight is 392 g/mol. The number of amides is 2. The molecule has 1 atom stereocenters. The number of ether oxygens (including phenoxy) is 1. The van der Waals surface area contributed by atoms with E-state index in [9.17, 15) is 9.59 Å². The van der Waals surface area contributed by atoms with Gasteiger partial charge in [0.05, 0.1) is 18.7 Å². The van der Waals surface area contributed by atoms with Gasteiger partial charge in [-0.3, -0.25) is 9.59 Å². The predicted molar refractivity (Wildman–Crippen MR) is 107 cm³/mol. The largest absolute Gasteiger partial charge is 0.495 e. The number of nitrogens with zero attached hydrogens (tertiary/aromatic N) is 3. The van der Waals surface area contributed by atoms with Gasteiger partial charge in [0, 0.05) is 24.2 Å². The number of benzene rings is 2. The lowest BCUT2D eigenvalue weighted by Gasteiger charge is -2.20. The van der Waals surface area contributed by atoms with Crippen molar-refractivity contribution >= 4 is 23.2 Å². The molecular formula is C21H20N4O4. The summed E-state index contributed by atoms with van der Waals surface area (Å²) < 4.78 is 10.6. The van der Waals surface area contributed by atoms with Crippen molar-refractivity contribution in [2.24, 2.45) is 5.92 Å². The van der Waals surface area contributed by atoms with E-state index in [1.807, 2.05) is 31.2 Å². The smallest absolute Gasteiger partial charge is 0.247 e. The molecule has 0 aliphatic carbocycles. The fourth-order valence-electron chi connectivity index (χ4n) is 3.40. The van der Waals surface area contributed by atoms with Crippen molar-refractivity contribution in [2.75, 3.05) is 23.9 Å². The highest BCUT2D eigenvalue weighted by molar-refractivity contribution is 6.04. The van der Waals surface area contributed by atoms with Crippen LogP contribution < -0.4 is 15.0 Å². The van der Waals surface area contributed by atoms with Gasteiger partial charge in [-0.1, -0.05) is 12.1 Å². The molecule has 1 fully saturated rings. The van der Waals surface area contributed by atoms with E-state index < -0.39 is 5.92 Å². The number of aromatic nitrogens is 2. The minimum atomic E-state index is -0.459. The second-order valence-electron chi connectivity index (χ2n) is 6.89. The topological polar surface area (TPSA) is 97.6 Å². The van der Waals surface area contributed by atoms with Gasteiger partial charge in [-0.25, -0.2) is 0 Å². The molecule has 1 aromatic heterocycles. The molecule has 1 N–H and O–H groups in total. The third-order valence-electron chi connectivity index (χ3n) is 4.86. The van der Waals surface area contributed by atoms with Gasteiger partial charge in [0.25, 0.3) is 0 Å². The van der Waals surface area contributed by atoms with Crippen LogP contribution in [0.1, 0.15) is 12.0 Å².